The van der Waals surface area contributed by atoms with E-state index in [2.05, 4.69) is 50.4 Å². The Kier molecular flexibility index (Phi) is 7.60. The number of hydrogen-bond acceptors (Lipinski definition) is 3. The van der Waals surface area contributed by atoms with Gasteiger partial charge in [0.25, 0.3) is 5.91 Å². The third kappa shape index (κ3) is 4.70. The zero-order chi connectivity index (χ0) is 20.3. The molecule has 1 heterocycles. The number of quaternary nitrogens is 1. The molecule has 1 N–H and O–H groups in total. The molecular formula is C23H28IN3O2. The summed E-state index contributed by atoms with van der Waals surface area (Å²) in [5.74, 6) is 0.282. The van der Waals surface area contributed by atoms with E-state index in [9.17, 15) is 4.79 Å². The number of carbonyl (C=O) groups is 1. The van der Waals surface area contributed by atoms with Gasteiger partial charge in [0.15, 0.2) is 0 Å². The van der Waals surface area contributed by atoms with E-state index in [-0.39, 0.29) is 29.9 Å². The number of aryl methyl sites for hydroxylation is 1. The molecule has 0 aliphatic rings. The smallest absolute Gasteiger partial charge is 0.261 e. The number of halogens is 1. The van der Waals surface area contributed by atoms with E-state index in [4.69, 9.17) is 4.52 Å². The van der Waals surface area contributed by atoms with E-state index < -0.39 is 0 Å². The second-order valence-corrected chi connectivity index (χ2v) is 7.51. The molecule has 5 nitrogen and oxygen atoms in total. The molecule has 0 radical (unpaired) electrons. The number of hydrogen-bond donors (Lipinski definition) is 1. The molecule has 1 unspecified atom stereocenters. The minimum Gasteiger partial charge on any atom is -1.00 e. The molecule has 0 bridgehead atoms. The molecule has 2 aromatic carbocycles. The van der Waals surface area contributed by atoms with Gasteiger partial charge in [-0.15, -0.1) is 0 Å². The molecule has 0 fully saturated rings. The number of nitrogens with zero attached hydrogens (tertiary/aromatic N) is 2. The Balaban J connectivity index is 0.00000300. The van der Waals surface area contributed by atoms with Crippen LogP contribution in [-0.2, 0) is 0 Å². The number of anilines is 1. The SMILES string of the molecule is CC[N+](C)(c1ccc(NC(=O)c2c(-c3ccccc3)noc2C)cc1)C(C)C.[I-]. The van der Waals surface area contributed by atoms with Crippen LogP contribution >= 0.6 is 0 Å². The second-order valence-electron chi connectivity index (χ2n) is 7.51. The van der Waals surface area contributed by atoms with Gasteiger partial charge >= 0.3 is 0 Å². The van der Waals surface area contributed by atoms with Crippen LogP contribution in [0, 0.1) is 6.92 Å². The maximum absolute atomic E-state index is 12.9. The zero-order valence-corrected chi connectivity index (χ0v) is 19.7. The minimum atomic E-state index is -0.220. The van der Waals surface area contributed by atoms with Crippen molar-refractivity contribution in [3.8, 4) is 11.3 Å². The highest BCUT2D eigenvalue weighted by Gasteiger charge is 2.27. The molecule has 0 saturated heterocycles. The highest BCUT2D eigenvalue weighted by atomic mass is 127. The fourth-order valence-electron chi connectivity index (χ4n) is 3.36. The van der Waals surface area contributed by atoms with Gasteiger partial charge in [0.2, 0.25) is 0 Å². The summed E-state index contributed by atoms with van der Waals surface area (Å²) >= 11 is 0. The van der Waals surface area contributed by atoms with E-state index in [0.717, 1.165) is 22.3 Å². The van der Waals surface area contributed by atoms with E-state index in [0.29, 0.717) is 23.1 Å². The van der Waals surface area contributed by atoms with Crippen molar-refractivity contribution in [2.75, 3.05) is 18.9 Å². The van der Waals surface area contributed by atoms with Crippen molar-refractivity contribution in [1.82, 2.24) is 9.64 Å². The molecule has 29 heavy (non-hydrogen) atoms. The second kappa shape index (κ2) is 9.54. The van der Waals surface area contributed by atoms with Crippen LogP contribution in [0.15, 0.2) is 59.1 Å². The lowest BCUT2D eigenvalue weighted by Crippen LogP contribution is -3.00. The molecule has 154 valence electrons. The van der Waals surface area contributed by atoms with Crippen LogP contribution in [-0.4, -0.2) is 30.7 Å². The van der Waals surface area contributed by atoms with Gasteiger partial charge in [0, 0.05) is 23.4 Å². The normalized spacial score (nSPS) is 12.9. The summed E-state index contributed by atoms with van der Waals surface area (Å²) in [6.45, 7) is 9.39. The van der Waals surface area contributed by atoms with E-state index in [1.165, 1.54) is 5.69 Å². The van der Waals surface area contributed by atoms with Crippen LogP contribution in [0.2, 0.25) is 0 Å². The van der Waals surface area contributed by atoms with Gasteiger partial charge in [-0.3, -0.25) is 9.28 Å². The van der Waals surface area contributed by atoms with Crippen molar-refractivity contribution in [2.24, 2.45) is 0 Å². The maximum atomic E-state index is 12.9. The van der Waals surface area contributed by atoms with Crippen molar-refractivity contribution in [2.45, 2.75) is 33.7 Å². The molecule has 1 amide bonds. The molecule has 3 rings (SSSR count). The maximum Gasteiger partial charge on any atom is 0.261 e. The van der Waals surface area contributed by atoms with E-state index in [1.54, 1.807) is 6.92 Å². The predicted octanol–water partition coefficient (Wildman–Crippen LogP) is 2.27. The molecule has 6 heteroatoms. The predicted molar refractivity (Wildman–Crippen MR) is 114 cm³/mol. The van der Waals surface area contributed by atoms with Crippen LogP contribution in [0.5, 0.6) is 0 Å². The number of nitrogens with one attached hydrogen (secondary N) is 1. The fourth-order valence-corrected chi connectivity index (χ4v) is 3.36. The summed E-state index contributed by atoms with van der Waals surface area (Å²) in [5, 5.41) is 7.06. The van der Waals surface area contributed by atoms with Crippen LogP contribution in [0.1, 0.15) is 36.9 Å². The Hall–Kier alpha value is -2.19. The number of rotatable bonds is 6. The van der Waals surface area contributed by atoms with Crippen molar-refractivity contribution < 1.29 is 33.3 Å². The Bertz CT molecular complexity index is 952. The third-order valence-corrected chi connectivity index (χ3v) is 5.65. The van der Waals surface area contributed by atoms with Gasteiger partial charge in [0.05, 0.1) is 19.6 Å². The summed E-state index contributed by atoms with van der Waals surface area (Å²) in [6, 6.07) is 18.1. The summed E-state index contributed by atoms with van der Waals surface area (Å²) in [7, 11) is 2.23. The highest BCUT2D eigenvalue weighted by molar-refractivity contribution is 6.08. The van der Waals surface area contributed by atoms with Gasteiger partial charge in [-0.1, -0.05) is 35.5 Å². The van der Waals surface area contributed by atoms with Crippen LogP contribution < -0.4 is 33.8 Å². The first-order valence-electron chi connectivity index (χ1n) is 9.65. The molecule has 3 aromatic rings. The highest BCUT2D eigenvalue weighted by Crippen LogP contribution is 2.28. The first kappa shape index (κ1) is 23.1. The van der Waals surface area contributed by atoms with Gasteiger partial charge in [-0.05, 0) is 39.8 Å². The van der Waals surface area contributed by atoms with E-state index in [1.807, 2.05) is 42.5 Å². The first-order valence-corrected chi connectivity index (χ1v) is 9.65. The molecule has 1 aromatic heterocycles. The van der Waals surface area contributed by atoms with Gasteiger partial charge in [0.1, 0.15) is 22.7 Å². The molecule has 0 saturated carbocycles. The topological polar surface area (TPSA) is 55.1 Å². The standard InChI is InChI=1S/C23H27N3O2.HI/c1-6-26(5,16(2)3)20-14-12-19(13-15-20)24-23(27)21-17(4)28-25-22(21)18-10-8-7-9-11-18;/h7-16H,6H2,1-5H3;1H. The van der Waals surface area contributed by atoms with Crippen molar-refractivity contribution in [1.29, 1.82) is 0 Å². The number of amides is 1. The van der Waals surface area contributed by atoms with Crippen LogP contribution in [0.3, 0.4) is 0 Å². The van der Waals surface area contributed by atoms with Gasteiger partial charge in [-0.2, -0.15) is 0 Å². The number of aromatic nitrogens is 1. The summed E-state index contributed by atoms with van der Waals surface area (Å²) in [5.41, 5.74) is 3.85. The zero-order valence-electron chi connectivity index (χ0n) is 17.6. The largest absolute Gasteiger partial charge is 1.00 e. The Labute approximate surface area is 189 Å². The monoisotopic (exact) mass is 505 g/mol. The van der Waals surface area contributed by atoms with Crippen molar-refractivity contribution in [3.63, 3.8) is 0 Å². The molecule has 0 aliphatic heterocycles. The van der Waals surface area contributed by atoms with Crippen molar-refractivity contribution >= 4 is 17.3 Å². The number of benzene rings is 2. The Morgan fingerprint density at radius 2 is 1.72 bits per heavy atom. The fraction of sp³-hybridized carbons (Fsp3) is 0.304. The summed E-state index contributed by atoms with van der Waals surface area (Å²) in [6.07, 6.45) is 0. The Morgan fingerprint density at radius 3 is 2.28 bits per heavy atom. The number of carbonyl (C=O) groups excluding carboxylic acids is 1. The third-order valence-electron chi connectivity index (χ3n) is 5.65. The van der Waals surface area contributed by atoms with Crippen LogP contribution in [0.4, 0.5) is 11.4 Å². The lowest BCUT2D eigenvalue weighted by molar-refractivity contribution is -0.0000143. The van der Waals surface area contributed by atoms with Crippen molar-refractivity contribution in [3.05, 3.63) is 65.9 Å². The average Bonchev–Trinajstić information content (AvgIpc) is 3.10. The minimum absolute atomic E-state index is 0. The summed E-state index contributed by atoms with van der Waals surface area (Å²) in [4.78, 5) is 12.9. The average molecular weight is 505 g/mol. The van der Waals surface area contributed by atoms with E-state index >= 15 is 0 Å². The molecule has 0 aliphatic carbocycles. The summed E-state index contributed by atoms with van der Waals surface area (Å²) < 4.78 is 6.14. The lowest BCUT2D eigenvalue weighted by Gasteiger charge is -2.37. The first-order chi connectivity index (χ1) is 13.4. The molecular weight excluding hydrogens is 477 g/mol. The lowest BCUT2D eigenvalue weighted by atomic mass is 10.1. The van der Waals surface area contributed by atoms with Crippen LogP contribution in [0.25, 0.3) is 11.3 Å². The molecule has 0 spiro atoms. The van der Waals surface area contributed by atoms with Gasteiger partial charge in [-0.25, -0.2) is 0 Å². The molecule has 1 atom stereocenters. The quantitative estimate of drug-likeness (QED) is 0.413. The Morgan fingerprint density at radius 1 is 1.10 bits per heavy atom. The van der Waals surface area contributed by atoms with Gasteiger partial charge < -0.3 is 33.8 Å².